The number of nitrogens with one attached hydrogen (secondary N) is 1. The van der Waals surface area contributed by atoms with Gasteiger partial charge in [-0.1, -0.05) is 27.2 Å². The van der Waals surface area contributed by atoms with Crippen molar-refractivity contribution < 1.29 is 0 Å². The molecule has 0 aliphatic rings. The molecule has 2 aromatic rings. The molecule has 0 aliphatic carbocycles. The molecule has 2 heterocycles. The van der Waals surface area contributed by atoms with E-state index in [4.69, 9.17) is 0 Å². The van der Waals surface area contributed by atoms with Crippen molar-refractivity contribution in [1.29, 1.82) is 0 Å². The summed E-state index contributed by atoms with van der Waals surface area (Å²) in [6.45, 7) is 7.74. The van der Waals surface area contributed by atoms with Crippen molar-refractivity contribution in [3.05, 3.63) is 30.4 Å². The van der Waals surface area contributed by atoms with E-state index in [2.05, 4.69) is 36.2 Å². The molecule has 0 amide bonds. The lowest BCUT2D eigenvalue weighted by molar-refractivity contribution is 0.379. The van der Waals surface area contributed by atoms with E-state index in [9.17, 15) is 0 Å². The van der Waals surface area contributed by atoms with Crippen LogP contribution in [0.4, 0.5) is 0 Å². The fourth-order valence-electron chi connectivity index (χ4n) is 2.25. The van der Waals surface area contributed by atoms with E-state index in [0.29, 0.717) is 12.0 Å². The second-order valence-corrected chi connectivity index (χ2v) is 4.82. The van der Waals surface area contributed by atoms with Gasteiger partial charge in [0.1, 0.15) is 0 Å². The van der Waals surface area contributed by atoms with Gasteiger partial charge in [0.2, 0.25) is 0 Å². The van der Waals surface area contributed by atoms with Crippen LogP contribution in [0, 0.1) is 5.92 Å². The molecule has 2 unspecified atom stereocenters. The Bertz CT molecular complexity index is 491. The molecule has 0 aromatic carbocycles. The van der Waals surface area contributed by atoms with Crippen LogP contribution in [0.1, 0.15) is 45.2 Å². The summed E-state index contributed by atoms with van der Waals surface area (Å²) >= 11 is 0. The number of rotatable bonds is 6. The van der Waals surface area contributed by atoms with Gasteiger partial charge in [-0.25, -0.2) is 4.52 Å². The second kappa shape index (κ2) is 5.96. The predicted octanol–water partition coefficient (Wildman–Crippen LogP) is 2.82. The minimum absolute atomic E-state index is 0.358. The molecule has 18 heavy (non-hydrogen) atoms. The first kappa shape index (κ1) is 13.0. The summed E-state index contributed by atoms with van der Waals surface area (Å²) in [4.78, 5) is 4.20. The van der Waals surface area contributed by atoms with Gasteiger partial charge in [-0.2, -0.15) is 5.10 Å². The maximum Gasteiger partial charge on any atom is 0.0892 e. The SMILES string of the molecule is CCCNC(c1cnn2ccncc12)C(C)CC. The number of aromatic nitrogens is 3. The van der Waals surface area contributed by atoms with Gasteiger partial charge in [-0.05, 0) is 18.9 Å². The van der Waals surface area contributed by atoms with E-state index in [1.807, 2.05) is 23.1 Å². The molecule has 0 saturated heterocycles. The van der Waals surface area contributed by atoms with E-state index in [0.717, 1.165) is 24.9 Å². The highest BCUT2D eigenvalue weighted by molar-refractivity contribution is 5.53. The van der Waals surface area contributed by atoms with E-state index >= 15 is 0 Å². The van der Waals surface area contributed by atoms with Crippen LogP contribution < -0.4 is 5.32 Å². The van der Waals surface area contributed by atoms with Gasteiger partial charge in [0.05, 0.1) is 17.9 Å². The number of nitrogens with zero attached hydrogens (tertiary/aromatic N) is 3. The fourth-order valence-corrected chi connectivity index (χ4v) is 2.25. The van der Waals surface area contributed by atoms with Crippen LogP contribution in [0.25, 0.3) is 5.52 Å². The lowest BCUT2D eigenvalue weighted by Gasteiger charge is -2.23. The first-order chi connectivity index (χ1) is 8.77. The van der Waals surface area contributed by atoms with E-state index in [-0.39, 0.29) is 0 Å². The summed E-state index contributed by atoms with van der Waals surface area (Å²) in [5, 5.41) is 8.03. The Morgan fingerprint density at radius 3 is 2.89 bits per heavy atom. The van der Waals surface area contributed by atoms with Crippen molar-refractivity contribution in [3.8, 4) is 0 Å². The summed E-state index contributed by atoms with van der Waals surface area (Å²) < 4.78 is 1.89. The van der Waals surface area contributed by atoms with Gasteiger partial charge in [0, 0.05) is 24.0 Å². The van der Waals surface area contributed by atoms with Gasteiger partial charge >= 0.3 is 0 Å². The Morgan fingerprint density at radius 1 is 1.33 bits per heavy atom. The van der Waals surface area contributed by atoms with E-state index in [1.165, 1.54) is 5.56 Å². The molecule has 0 aliphatic heterocycles. The normalized spacial score (nSPS) is 14.8. The van der Waals surface area contributed by atoms with Crippen LogP contribution in [0.3, 0.4) is 0 Å². The zero-order valence-electron chi connectivity index (χ0n) is 11.4. The summed E-state index contributed by atoms with van der Waals surface area (Å²) in [6, 6.07) is 0.358. The van der Waals surface area contributed by atoms with Gasteiger partial charge in [-0.15, -0.1) is 0 Å². The lowest BCUT2D eigenvalue weighted by atomic mass is 9.93. The lowest BCUT2D eigenvalue weighted by Crippen LogP contribution is -2.27. The Kier molecular flexibility index (Phi) is 4.31. The average Bonchev–Trinajstić information content (AvgIpc) is 2.83. The minimum atomic E-state index is 0.358. The smallest absolute Gasteiger partial charge is 0.0892 e. The topological polar surface area (TPSA) is 42.2 Å². The summed E-state index contributed by atoms with van der Waals surface area (Å²) in [5.41, 5.74) is 2.36. The largest absolute Gasteiger partial charge is 0.310 e. The molecule has 4 heteroatoms. The molecule has 0 bridgehead atoms. The van der Waals surface area contributed by atoms with Crippen molar-refractivity contribution in [2.75, 3.05) is 6.54 Å². The van der Waals surface area contributed by atoms with Crippen molar-refractivity contribution in [2.45, 2.75) is 39.7 Å². The Morgan fingerprint density at radius 2 is 2.17 bits per heavy atom. The van der Waals surface area contributed by atoms with Crippen molar-refractivity contribution in [3.63, 3.8) is 0 Å². The molecule has 98 valence electrons. The maximum absolute atomic E-state index is 4.40. The number of fused-ring (bicyclic) bond motifs is 1. The van der Waals surface area contributed by atoms with Crippen molar-refractivity contribution >= 4 is 5.52 Å². The molecule has 2 atom stereocenters. The molecule has 1 N–H and O–H groups in total. The Hall–Kier alpha value is -1.42. The number of hydrogen-bond donors (Lipinski definition) is 1. The third kappa shape index (κ3) is 2.53. The van der Waals surface area contributed by atoms with E-state index in [1.54, 1.807) is 6.20 Å². The molecule has 0 spiro atoms. The third-order valence-electron chi connectivity index (χ3n) is 3.52. The molecule has 0 saturated carbocycles. The zero-order chi connectivity index (χ0) is 13.0. The zero-order valence-corrected chi connectivity index (χ0v) is 11.4. The number of hydrogen-bond acceptors (Lipinski definition) is 3. The summed E-state index contributed by atoms with van der Waals surface area (Å²) in [6.07, 6.45) is 9.82. The predicted molar refractivity (Wildman–Crippen MR) is 73.5 cm³/mol. The monoisotopic (exact) mass is 246 g/mol. The standard InChI is InChI=1S/C14H22N4/c1-4-6-16-14(11(3)5-2)12-9-17-18-8-7-15-10-13(12)18/h7-11,14,16H,4-6H2,1-3H3. The van der Waals surface area contributed by atoms with E-state index < -0.39 is 0 Å². The maximum atomic E-state index is 4.40. The molecule has 4 nitrogen and oxygen atoms in total. The molecule has 0 fully saturated rings. The highest BCUT2D eigenvalue weighted by atomic mass is 15.2. The molecule has 2 rings (SSSR count). The van der Waals surface area contributed by atoms with Gasteiger partial charge in [0.15, 0.2) is 0 Å². The molecule has 0 radical (unpaired) electrons. The van der Waals surface area contributed by atoms with Gasteiger partial charge in [0.25, 0.3) is 0 Å². The van der Waals surface area contributed by atoms with Crippen LogP contribution in [0.5, 0.6) is 0 Å². The second-order valence-electron chi connectivity index (χ2n) is 4.82. The highest BCUT2D eigenvalue weighted by Gasteiger charge is 2.20. The van der Waals surface area contributed by atoms with Crippen molar-refractivity contribution in [2.24, 2.45) is 5.92 Å². The first-order valence-electron chi connectivity index (χ1n) is 6.78. The van der Waals surface area contributed by atoms with Crippen LogP contribution in [0.15, 0.2) is 24.8 Å². The average molecular weight is 246 g/mol. The van der Waals surface area contributed by atoms with Gasteiger partial charge < -0.3 is 5.32 Å². The summed E-state index contributed by atoms with van der Waals surface area (Å²) in [7, 11) is 0. The molecule has 2 aromatic heterocycles. The van der Waals surface area contributed by atoms with Crippen molar-refractivity contribution in [1.82, 2.24) is 19.9 Å². The third-order valence-corrected chi connectivity index (χ3v) is 3.52. The minimum Gasteiger partial charge on any atom is -0.310 e. The molecular formula is C14H22N4. The molecular weight excluding hydrogens is 224 g/mol. The Labute approximate surface area is 108 Å². The van der Waals surface area contributed by atoms with Gasteiger partial charge in [-0.3, -0.25) is 4.98 Å². The van der Waals surface area contributed by atoms with Crippen LogP contribution in [-0.4, -0.2) is 21.1 Å². The van der Waals surface area contributed by atoms with Crippen LogP contribution >= 0.6 is 0 Å². The highest BCUT2D eigenvalue weighted by Crippen LogP contribution is 2.27. The van der Waals surface area contributed by atoms with Crippen LogP contribution in [-0.2, 0) is 0 Å². The summed E-state index contributed by atoms with van der Waals surface area (Å²) in [5.74, 6) is 0.588. The fraction of sp³-hybridized carbons (Fsp3) is 0.571. The first-order valence-corrected chi connectivity index (χ1v) is 6.78. The Balaban J connectivity index is 2.34. The quantitative estimate of drug-likeness (QED) is 0.852. The van der Waals surface area contributed by atoms with Crippen LogP contribution in [0.2, 0.25) is 0 Å².